The van der Waals surface area contributed by atoms with Crippen LogP contribution in [-0.4, -0.2) is 47.2 Å². The number of nitrogens with zero attached hydrogens (tertiary/aromatic N) is 4. The number of benzene rings is 2. The number of amides is 2. The van der Waals surface area contributed by atoms with Crippen molar-refractivity contribution in [3.05, 3.63) is 83.9 Å². The largest absolute Gasteiger partial charge is 0.319 e. The van der Waals surface area contributed by atoms with Gasteiger partial charge in [0.1, 0.15) is 0 Å². The van der Waals surface area contributed by atoms with E-state index in [0.717, 1.165) is 23.3 Å². The van der Waals surface area contributed by atoms with Gasteiger partial charge in [-0.05, 0) is 47.9 Å². The molecule has 1 aliphatic heterocycles. The quantitative estimate of drug-likeness (QED) is 0.541. The van der Waals surface area contributed by atoms with E-state index >= 15 is 0 Å². The van der Waals surface area contributed by atoms with Crippen LogP contribution in [0.4, 0.5) is 5.69 Å². The summed E-state index contributed by atoms with van der Waals surface area (Å²) < 4.78 is 23.6. The molecular weight excluding hydrogens is 466 g/mol. The minimum atomic E-state index is -3.29. The Morgan fingerprint density at radius 3 is 2.31 bits per heavy atom. The third-order valence-corrected chi connectivity index (χ3v) is 6.84. The lowest BCUT2D eigenvalue weighted by Crippen LogP contribution is -2.36. The first-order valence-electron chi connectivity index (χ1n) is 11.1. The highest BCUT2D eigenvalue weighted by molar-refractivity contribution is 7.90. The number of aromatic nitrogens is 2. The molecule has 1 aliphatic rings. The van der Waals surface area contributed by atoms with E-state index in [1.807, 2.05) is 19.1 Å². The van der Waals surface area contributed by atoms with Crippen molar-refractivity contribution in [2.24, 2.45) is 11.0 Å². The lowest BCUT2D eigenvalue weighted by molar-refractivity contribution is -0.133. The van der Waals surface area contributed by atoms with Gasteiger partial charge in [0.15, 0.2) is 9.84 Å². The number of rotatable bonds is 7. The lowest BCUT2D eigenvalue weighted by Gasteiger charge is -2.29. The highest BCUT2D eigenvalue weighted by Crippen LogP contribution is 2.26. The molecule has 0 saturated carbocycles. The number of anilines is 1. The monoisotopic (exact) mass is 491 g/mol. The van der Waals surface area contributed by atoms with Crippen molar-refractivity contribution in [3.63, 3.8) is 0 Å². The van der Waals surface area contributed by atoms with Crippen LogP contribution < -0.4 is 5.32 Å². The van der Waals surface area contributed by atoms with Crippen molar-refractivity contribution in [3.8, 4) is 0 Å². The minimum absolute atomic E-state index is 0.0411. The molecule has 1 aromatic heterocycles. The van der Waals surface area contributed by atoms with Crippen molar-refractivity contribution < 1.29 is 18.0 Å². The molecule has 2 heterocycles. The van der Waals surface area contributed by atoms with Crippen LogP contribution in [0.2, 0.25) is 0 Å². The second-order valence-corrected chi connectivity index (χ2v) is 10.3. The normalized spacial score (nSPS) is 16.1. The predicted octanol–water partition coefficient (Wildman–Crippen LogP) is 3.30. The number of hydrogen-bond donors (Lipinski definition) is 1. The lowest BCUT2D eigenvalue weighted by atomic mass is 9.90. The van der Waals surface area contributed by atoms with E-state index in [1.54, 1.807) is 42.5 Å². The Kier molecular flexibility index (Phi) is 7.02. The van der Waals surface area contributed by atoms with Crippen LogP contribution in [0.15, 0.2) is 77.0 Å². The molecule has 0 bridgehead atoms. The molecule has 180 valence electrons. The van der Waals surface area contributed by atoms with Crippen molar-refractivity contribution in [2.45, 2.75) is 31.2 Å². The van der Waals surface area contributed by atoms with Gasteiger partial charge in [0.2, 0.25) is 11.7 Å². The molecule has 0 radical (unpaired) electrons. The third-order valence-electron chi connectivity index (χ3n) is 5.71. The van der Waals surface area contributed by atoms with Gasteiger partial charge in [-0.1, -0.05) is 31.2 Å². The summed E-state index contributed by atoms with van der Waals surface area (Å²) in [6, 6.07) is 15.4. The van der Waals surface area contributed by atoms with Crippen LogP contribution in [0.5, 0.6) is 0 Å². The van der Waals surface area contributed by atoms with E-state index < -0.39 is 15.7 Å². The van der Waals surface area contributed by atoms with Crippen molar-refractivity contribution in [2.75, 3.05) is 11.6 Å². The molecule has 9 nitrogen and oxygen atoms in total. The zero-order valence-electron chi connectivity index (χ0n) is 19.4. The number of hydrogen-bond acceptors (Lipinski definition) is 7. The Morgan fingerprint density at radius 1 is 1.06 bits per heavy atom. The molecule has 2 amide bonds. The fourth-order valence-electron chi connectivity index (χ4n) is 3.78. The number of nitrogens with one attached hydrogen (secondary N) is 1. The van der Waals surface area contributed by atoms with Gasteiger partial charge in [-0.15, -0.1) is 0 Å². The van der Waals surface area contributed by atoms with Crippen LogP contribution >= 0.6 is 0 Å². The van der Waals surface area contributed by atoms with Gasteiger partial charge in [-0.2, -0.15) is 5.10 Å². The average Bonchev–Trinajstić information content (AvgIpc) is 2.86. The van der Waals surface area contributed by atoms with Gasteiger partial charge in [0.05, 0.1) is 17.2 Å². The van der Waals surface area contributed by atoms with E-state index in [1.165, 1.54) is 23.7 Å². The van der Waals surface area contributed by atoms with Crippen LogP contribution in [0.25, 0.3) is 0 Å². The Morgan fingerprint density at radius 2 is 1.71 bits per heavy atom. The zero-order valence-corrected chi connectivity index (χ0v) is 20.2. The van der Waals surface area contributed by atoms with Gasteiger partial charge >= 0.3 is 0 Å². The predicted molar refractivity (Wildman–Crippen MR) is 131 cm³/mol. The summed E-state index contributed by atoms with van der Waals surface area (Å²) in [5, 5.41) is 8.83. The Balaban J connectivity index is 1.50. The van der Waals surface area contributed by atoms with E-state index in [9.17, 15) is 18.0 Å². The Labute approximate surface area is 203 Å². The topological polar surface area (TPSA) is 122 Å². The molecule has 4 rings (SSSR count). The molecule has 0 saturated heterocycles. The SMILES string of the molecule is CCC1CC(=O)N(Cc2ccc(NC(=O)c3ncccn3)cc2)N=C1c1ccc(S(C)(=O)=O)cc1. The summed E-state index contributed by atoms with van der Waals surface area (Å²) in [5.74, 6) is -0.453. The smallest absolute Gasteiger partial charge is 0.293 e. The molecule has 0 spiro atoms. The van der Waals surface area contributed by atoms with Crippen LogP contribution in [0.1, 0.15) is 41.5 Å². The van der Waals surface area contributed by atoms with Crippen molar-refractivity contribution in [1.29, 1.82) is 0 Å². The van der Waals surface area contributed by atoms with Crippen LogP contribution in [0, 0.1) is 5.92 Å². The molecule has 3 aromatic rings. The van der Waals surface area contributed by atoms with E-state index in [4.69, 9.17) is 0 Å². The summed E-state index contributed by atoms with van der Waals surface area (Å²) >= 11 is 0. The number of carbonyl (C=O) groups is 2. The first kappa shape index (κ1) is 24.2. The fraction of sp³-hybridized carbons (Fsp3) is 0.240. The fourth-order valence-corrected chi connectivity index (χ4v) is 4.41. The number of hydrazone groups is 1. The first-order valence-corrected chi connectivity index (χ1v) is 13.0. The van der Waals surface area contributed by atoms with E-state index in [2.05, 4.69) is 20.4 Å². The van der Waals surface area contributed by atoms with Gasteiger partial charge < -0.3 is 5.32 Å². The molecule has 35 heavy (non-hydrogen) atoms. The van der Waals surface area contributed by atoms with E-state index in [0.29, 0.717) is 12.1 Å². The molecule has 1 unspecified atom stereocenters. The van der Waals surface area contributed by atoms with E-state index in [-0.39, 0.29) is 29.1 Å². The summed E-state index contributed by atoms with van der Waals surface area (Å²) in [6.45, 7) is 2.28. The highest BCUT2D eigenvalue weighted by atomic mass is 32.2. The second kappa shape index (κ2) is 10.1. The standard InChI is InChI=1S/C25H25N5O4S/c1-3-18-15-22(31)30(29-23(18)19-7-11-21(12-8-19)35(2,33)34)16-17-5-9-20(10-6-17)28-25(32)24-26-13-4-14-27-24/h4-14,18H,3,15-16H2,1-2H3,(H,28,32). The third kappa shape index (κ3) is 5.78. The van der Waals surface area contributed by atoms with Crippen LogP contribution in [-0.2, 0) is 21.2 Å². The van der Waals surface area contributed by atoms with Gasteiger partial charge in [-0.25, -0.2) is 23.4 Å². The summed E-state index contributed by atoms with van der Waals surface area (Å²) in [7, 11) is -3.29. The Bertz CT molecular complexity index is 1360. The van der Waals surface area contributed by atoms with Crippen LogP contribution in [0.3, 0.4) is 0 Å². The molecular formula is C25H25N5O4S. The average molecular weight is 492 g/mol. The molecule has 0 aliphatic carbocycles. The van der Waals surface area contributed by atoms with Crippen molar-refractivity contribution >= 4 is 33.1 Å². The Hall–Kier alpha value is -3.92. The molecule has 10 heteroatoms. The second-order valence-electron chi connectivity index (χ2n) is 8.27. The first-order chi connectivity index (χ1) is 16.7. The molecule has 1 atom stereocenters. The molecule has 0 fully saturated rings. The van der Waals surface area contributed by atoms with Crippen molar-refractivity contribution in [1.82, 2.24) is 15.0 Å². The van der Waals surface area contributed by atoms with Gasteiger partial charge in [-0.3, -0.25) is 9.59 Å². The summed E-state index contributed by atoms with van der Waals surface area (Å²) in [5.41, 5.74) is 2.98. The maximum absolute atomic E-state index is 12.8. The highest BCUT2D eigenvalue weighted by Gasteiger charge is 2.29. The number of sulfone groups is 1. The van der Waals surface area contributed by atoms with Gasteiger partial charge in [0.25, 0.3) is 5.91 Å². The summed E-state index contributed by atoms with van der Waals surface area (Å²) in [4.78, 5) is 33.1. The maximum Gasteiger partial charge on any atom is 0.293 e. The van der Waals surface area contributed by atoms with Gasteiger partial charge in [0, 0.05) is 36.7 Å². The zero-order chi connectivity index (χ0) is 25.0. The maximum atomic E-state index is 12.8. The number of carbonyl (C=O) groups excluding carboxylic acids is 2. The molecule has 2 aromatic carbocycles. The summed E-state index contributed by atoms with van der Waals surface area (Å²) in [6.07, 6.45) is 5.23. The minimum Gasteiger partial charge on any atom is -0.319 e. The molecule has 1 N–H and O–H groups in total.